The zero-order chi connectivity index (χ0) is 20.6. The summed E-state index contributed by atoms with van der Waals surface area (Å²) in [6, 6.07) is 11.4. The Balaban J connectivity index is 2.12. The second-order valence-electron chi connectivity index (χ2n) is 8.15. The van der Waals surface area contributed by atoms with Crippen LogP contribution in [0, 0.1) is 0 Å². The van der Waals surface area contributed by atoms with E-state index in [2.05, 4.69) is 64.4 Å². The summed E-state index contributed by atoms with van der Waals surface area (Å²) >= 11 is 0. The standard InChI is InChI=1S/C23H29N3O2/c1-14(2)19-13-25(24-22(19)15(3)4)21-12-11-20(26(21)16(5)6)17-7-9-18(10-8-17)23(27)28/h7-16H,1-6H3,(H,27,28). The van der Waals surface area contributed by atoms with E-state index in [9.17, 15) is 4.79 Å². The molecule has 0 aliphatic rings. The Bertz CT molecular complexity index is 950. The minimum atomic E-state index is -0.912. The minimum absolute atomic E-state index is 0.230. The van der Waals surface area contributed by atoms with Gasteiger partial charge in [0.1, 0.15) is 5.82 Å². The third kappa shape index (κ3) is 3.61. The predicted octanol–water partition coefficient (Wildman–Crippen LogP) is 5.87. The lowest BCUT2D eigenvalue weighted by molar-refractivity contribution is 0.0697. The number of rotatable bonds is 6. The smallest absolute Gasteiger partial charge is 0.335 e. The first-order valence-corrected chi connectivity index (χ1v) is 9.85. The number of hydrogen-bond acceptors (Lipinski definition) is 2. The quantitative estimate of drug-likeness (QED) is 0.583. The molecule has 2 heterocycles. The first kappa shape index (κ1) is 19.9. The summed E-state index contributed by atoms with van der Waals surface area (Å²) in [6.07, 6.45) is 2.14. The van der Waals surface area contributed by atoms with Gasteiger partial charge < -0.3 is 9.67 Å². The summed E-state index contributed by atoms with van der Waals surface area (Å²) in [5, 5.41) is 14.0. The molecular weight excluding hydrogens is 350 g/mol. The van der Waals surface area contributed by atoms with E-state index in [1.165, 1.54) is 5.56 Å². The van der Waals surface area contributed by atoms with Crippen LogP contribution in [0.1, 0.15) is 81.0 Å². The Kier molecular flexibility index (Phi) is 5.45. The summed E-state index contributed by atoms with van der Waals surface area (Å²) in [7, 11) is 0. The van der Waals surface area contributed by atoms with Crippen LogP contribution in [0.2, 0.25) is 0 Å². The first-order valence-electron chi connectivity index (χ1n) is 9.85. The lowest BCUT2D eigenvalue weighted by Crippen LogP contribution is -2.10. The minimum Gasteiger partial charge on any atom is -0.478 e. The molecule has 1 N–H and O–H groups in total. The maximum Gasteiger partial charge on any atom is 0.335 e. The van der Waals surface area contributed by atoms with Gasteiger partial charge in [-0.1, -0.05) is 39.8 Å². The van der Waals surface area contributed by atoms with Gasteiger partial charge in [0.25, 0.3) is 0 Å². The number of carboxylic acid groups (broad SMARTS) is 1. The van der Waals surface area contributed by atoms with Crippen LogP contribution < -0.4 is 0 Å². The molecule has 0 fully saturated rings. The predicted molar refractivity (Wildman–Crippen MR) is 113 cm³/mol. The molecule has 0 unspecified atom stereocenters. The summed E-state index contributed by atoms with van der Waals surface area (Å²) in [5.41, 5.74) is 4.75. The highest BCUT2D eigenvalue weighted by atomic mass is 16.4. The van der Waals surface area contributed by atoms with Crippen molar-refractivity contribution >= 4 is 5.97 Å². The fourth-order valence-electron chi connectivity index (χ4n) is 3.60. The van der Waals surface area contributed by atoms with Gasteiger partial charge in [0.05, 0.1) is 17.0 Å². The van der Waals surface area contributed by atoms with Crippen LogP contribution in [0.25, 0.3) is 17.1 Å². The number of aromatic nitrogens is 3. The van der Waals surface area contributed by atoms with Crippen molar-refractivity contribution in [3.63, 3.8) is 0 Å². The zero-order valence-electron chi connectivity index (χ0n) is 17.5. The normalized spacial score (nSPS) is 11.8. The Hall–Kier alpha value is -2.82. The lowest BCUT2D eigenvalue weighted by Gasteiger charge is -2.17. The first-order chi connectivity index (χ1) is 13.2. The topological polar surface area (TPSA) is 60.1 Å². The highest BCUT2D eigenvalue weighted by Gasteiger charge is 2.20. The number of aromatic carboxylic acids is 1. The molecule has 1 aromatic carbocycles. The van der Waals surface area contributed by atoms with Gasteiger partial charge in [0.15, 0.2) is 0 Å². The van der Waals surface area contributed by atoms with E-state index in [4.69, 9.17) is 10.2 Å². The zero-order valence-corrected chi connectivity index (χ0v) is 17.5. The average Bonchev–Trinajstić information content (AvgIpc) is 3.26. The molecule has 0 spiro atoms. The van der Waals surface area contributed by atoms with Gasteiger partial charge >= 0.3 is 5.97 Å². The molecule has 0 bridgehead atoms. The van der Waals surface area contributed by atoms with Crippen molar-refractivity contribution in [3.8, 4) is 17.1 Å². The molecule has 0 saturated carbocycles. The van der Waals surface area contributed by atoms with Crippen LogP contribution in [-0.2, 0) is 0 Å². The van der Waals surface area contributed by atoms with Gasteiger partial charge in [0, 0.05) is 12.2 Å². The van der Waals surface area contributed by atoms with Crippen LogP contribution in [0.15, 0.2) is 42.6 Å². The molecule has 5 heteroatoms. The van der Waals surface area contributed by atoms with E-state index in [0.717, 1.165) is 22.8 Å². The third-order valence-electron chi connectivity index (χ3n) is 5.02. The monoisotopic (exact) mass is 379 g/mol. The van der Waals surface area contributed by atoms with Crippen molar-refractivity contribution in [2.75, 3.05) is 0 Å². The van der Waals surface area contributed by atoms with Crippen LogP contribution in [-0.4, -0.2) is 25.4 Å². The van der Waals surface area contributed by atoms with E-state index < -0.39 is 5.97 Å². The molecule has 0 aliphatic carbocycles. The van der Waals surface area contributed by atoms with Crippen molar-refractivity contribution in [2.24, 2.45) is 0 Å². The van der Waals surface area contributed by atoms with E-state index >= 15 is 0 Å². The van der Waals surface area contributed by atoms with Gasteiger partial charge in [-0.2, -0.15) is 5.10 Å². The van der Waals surface area contributed by atoms with Crippen LogP contribution in [0.3, 0.4) is 0 Å². The maximum atomic E-state index is 11.1. The number of benzene rings is 1. The Morgan fingerprint density at radius 2 is 1.57 bits per heavy atom. The molecule has 0 amide bonds. The molecule has 0 aliphatic heterocycles. The Morgan fingerprint density at radius 1 is 0.929 bits per heavy atom. The van der Waals surface area contributed by atoms with E-state index in [1.54, 1.807) is 12.1 Å². The molecule has 0 saturated heterocycles. The number of carbonyl (C=O) groups is 1. The molecule has 28 heavy (non-hydrogen) atoms. The van der Waals surface area contributed by atoms with E-state index in [1.807, 2.05) is 16.8 Å². The second kappa shape index (κ2) is 7.66. The molecule has 0 radical (unpaired) electrons. The van der Waals surface area contributed by atoms with Crippen molar-refractivity contribution in [1.29, 1.82) is 0 Å². The Labute approximate surface area is 166 Å². The van der Waals surface area contributed by atoms with Crippen LogP contribution >= 0.6 is 0 Å². The van der Waals surface area contributed by atoms with Crippen LogP contribution in [0.4, 0.5) is 0 Å². The number of carboxylic acids is 1. The Morgan fingerprint density at radius 3 is 2.04 bits per heavy atom. The van der Waals surface area contributed by atoms with Crippen molar-refractivity contribution < 1.29 is 9.90 Å². The van der Waals surface area contributed by atoms with Crippen molar-refractivity contribution in [2.45, 2.75) is 59.4 Å². The van der Waals surface area contributed by atoms with Gasteiger partial charge in [-0.25, -0.2) is 9.48 Å². The van der Waals surface area contributed by atoms with Gasteiger partial charge in [-0.15, -0.1) is 0 Å². The summed E-state index contributed by atoms with van der Waals surface area (Å²) in [6.45, 7) is 13.0. The fraction of sp³-hybridized carbons (Fsp3) is 0.391. The summed E-state index contributed by atoms with van der Waals surface area (Å²) in [4.78, 5) is 11.1. The van der Waals surface area contributed by atoms with Gasteiger partial charge in [0.2, 0.25) is 0 Å². The molecule has 0 atom stereocenters. The number of nitrogens with zero attached hydrogens (tertiary/aromatic N) is 3. The maximum absolute atomic E-state index is 11.1. The largest absolute Gasteiger partial charge is 0.478 e. The molecule has 148 valence electrons. The van der Waals surface area contributed by atoms with Crippen molar-refractivity contribution in [3.05, 3.63) is 59.4 Å². The summed E-state index contributed by atoms with van der Waals surface area (Å²) in [5.74, 6) is 0.882. The van der Waals surface area contributed by atoms with Gasteiger partial charge in [-0.05, 0) is 61.1 Å². The van der Waals surface area contributed by atoms with Crippen molar-refractivity contribution in [1.82, 2.24) is 14.3 Å². The third-order valence-corrected chi connectivity index (χ3v) is 5.02. The highest BCUT2D eigenvalue weighted by molar-refractivity contribution is 5.88. The average molecular weight is 380 g/mol. The summed E-state index contributed by atoms with van der Waals surface area (Å²) < 4.78 is 4.23. The van der Waals surface area contributed by atoms with E-state index in [0.29, 0.717) is 17.4 Å². The fourth-order valence-corrected chi connectivity index (χ4v) is 3.60. The highest BCUT2D eigenvalue weighted by Crippen LogP contribution is 2.31. The molecule has 2 aromatic heterocycles. The molecule has 5 nitrogen and oxygen atoms in total. The lowest BCUT2D eigenvalue weighted by atomic mass is 9.98. The van der Waals surface area contributed by atoms with E-state index in [-0.39, 0.29) is 6.04 Å². The molecule has 3 rings (SSSR count). The number of hydrogen-bond donors (Lipinski definition) is 1. The van der Waals surface area contributed by atoms with Gasteiger partial charge in [-0.3, -0.25) is 0 Å². The molecule has 3 aromatic rings. The second-order valence-corrected chi connectivity index (χ2v) is 8.15. The molecular formula is C23H29N3O2. The van der Waals surface area contributed by atoms with Crippen LogP contribution in [0.5, 0.6) is 0 Å². The SMILES string of the molecule is CC(C)c1cn(-c2ccc(-c3ccc(C(=O)O)cc3)n2C(C)C)nc1C(C)C.